The molecule has 1 aliphatic heterocycles. The van der Waals surface area contributed by atoms with Crippen LogP contribution in [0.5, 0.6) is 0 Å². The Labute approximate surface area is 145 Å². The van der Waals surface area contributed by atoms with Crippen molar-refractivity contribution in [2.45, 2.75) is 58.2 Å². The van der Waals surface area contributed by atoms with E-state index in [1.807, 2.05) is 26.4 Å². The van der Waals surface area contributed by atoms with Crippen LogP contribution in [0.4, 0.5) is 0 Å². The van der Waals surface area contributed by atoms with Crippen molar-refractivity contribution in [2.24, 2.45) is 0 Å². The van der Waals surface area contributed by atoms with E-state index in [1.165, 1.54) is 31.4 Å². The van der Waals surface area contributed by atoms with Gasteiger partial charge in [-0.3, -0.25) is 14.6 Å². The van der Waals surface area contributed by atoms with Crippen molar-refractivity contribution in [3.63, 3.8) is 0 Å². The normalized spacial score (nSPS) is 20.8. The molecule has 1 saturated carbocycles. The maximum Gasteiger partial charge on any atom is 0.234 e. The number of piperazine rings is 1. The topological polar surface area (TPSA) is 53.4 Å². The molecule has 134 valence electrons. The van der Waals surface area contributed by atoms with Crippen molar-refractivity contribution < 1.29 is 4.79 Å². The Morgan fingerprint density at radius 3 is 2.54 bits per heavy atom. The summed E-state index contributed by atoms with van der Waals surface area (Å²) in [5, 5.41) is 2.97. The number of rotatable bonds is 6. The molecule has 0 atom stereocenters. The molecule has 1 aromatic rings. The van der Waals surface area contributed by atoms with Gasteiger partial charge >= 0.3 is 0 Å². The summed E-state index contributed by atoms with van der Waals surface area (Å²) in [6, 6.07) is 0.873. The Morgan fingerprint density at radius 2 is 1.88 bits per heavy atom. The van der Waals surface area contributed by atoms with Crippen LogP contribution in [-0.4, -0.2) is 64.0 Å². The largest absolute Gasteiger partial charge is 0.353 e. The molecule has 24 heavy (non-hydrogen) atoms. The van der Waals surface area contributed by atoms with Gasteiger partial charge in [0.05, 0.1) is 18.6 Å². The second kappa shape index (κ2) is 8.12. The number of carbonyl (C=O) groups excluding carboxylic acids is 1. The lowest BCUT2D eigenvalue weighted by molar-refractivity contribution is -0.123. The number of aromatic nitrogens is 2. The van der Waals surface area contributed by atoms with Gasteiger partial charge in [-0.25, -0.2) is 4.98 Å². The third-order valence-corrected chi connectivity index (χ3v) is 5.13. The number of hydrogen-bond donors (Lipinski definition) is 1. The lowest BCUT2D eigenvalue weighted by atomic mass is 10.2. The van der Waals surface area contributed by atoms with E-state index in [2.05, 4.69) is 24.7 Å². The van der Waals surface area contributed by atoms with Crippen molar-refractivity contribution in [1.82, 2.24) is 24.7 Å². The average molecular weight is 333 g/mol. The van der Waals surface area contributed by atoms with Gasteiger partial charge in [-0.05, 0) is 26.7 Å². The molecule has 3 rings (SSSR count). The molecule has 2 aliphatic rings. The predicted molar refractivity (Wildman–Crippen MR) is 94.7 cm³/mol. The highest BCUT2D eigenvalue weighted by atomic mass is 16.2. The molecule has 0 bridgehead atoms. The van der Waals surface area contributed by atoms with Crippen LogP contribution in [0.3, 0.4) is 0 Å². The zero-order valence-corrected chi connectivity index (χ0v) is 15.1. The van der Waals surface area contributed by atoms with Gasteiger partial charge in [0.2, 0.25) is 5.91 Å². The molecule has 2 heterocycles. The molecule has 1 aromatic heterocycles. The van der Waals surface area contributed by atoms with Crippen LogP contribution in [0.1, 0.15) is 51.3 Å². The summed E-state index contributed by atoms with van der Waals surface area (Å²) in [5.41, 5.74) is 1.34. The molecule has 6 nitrogen and oxygen atoms in total. The third kappa shape index (κ3) is 4.57. The minimum absolute atomic E-state index is 0.137. The minimum atomic E-state index is 0.137. The Hall–Kier alpha value is -1.40. The lowest BCUT2D eigenvalue weighted by Gasteiger charge is -2.34. The lowest BCUT2D eigenvalue weighted by Crippen LogP contribution is -2.49. The fourth-order valence-electron chi connectivity index (χ4n) is 3.87. The van der Waals surface area contributed by atoms with Gasteiger partial charge in [0.15, 0.2) is 0 Å². The highest BCUT2D eigenvalue weighted by Crippen LogP contribution is 2.30. The highest BCUT2D eigenvalue weighted by Gasteiger charge is 2.22. The molecule has 6 heteroatoms. The highest BCUT2D eigenvalue weighted by molar-refractivity contribution is 5.78. The van der Waals surface area contributed by atoms with E-state index in [9.17, 15) is 4.79 Å². The number of amides is 1. The summed E-state index contributed by atoms with van der Waals surface area (Å²) in [6.45, 7) is 9.46. The van der Waals surface area contributed by atoms with Crippen LogP contribution in [0, 0.1) is 0 Å². The second-order valence-electron chi connectivity index (χ2n) is 7.51. The van der Waals surface area contributed by atoms with Crippen LogP contribution in [-0.2, 0) is 11.3 Å². The van der Waals surface area contributed by atoms with Crippen molar-refractivity contribution in [1.29, 1.82) is 0 Å². The summed E-state index contributed by atoms with van der Waals surface area (Å²) < 4.78 is 2.40. The fourth-order valence-corrected chi connectivity index (χ4v) is 3.87. The molecule has 1 saturated heterocycles. The van der Waals surface area contributed by atoms with Gasteiger partial charge in [-0.2, -0.15) is 0 Å². The number of hydrogen-bond acceptors (Lipinski definition) is 4. The predicted octanol–water partition coefficient (Wildman–Crippen LogP) is 1.64. The Morgan fingerprint density at radius 1 is 1.21 bits per heavy atom. The van der Waals surface area contributed by atoms with E-state index in [0.717, 1.165) is 32.7 Å². The first-order chi connectivity index (χ1) is 11.6. The SMILES string of the molecule is CC(C)NC(=O)CN1CCN(Cc2cncn2C2CCCC2)CC1. The molecule has 0 unspecified atom stereocenters. The molecule has 2 fully saturated rings. The van der Waals surface area contributed by atoms with E-state index in [-0.39, 0.29) is 11.9 Å². The summed E-state index contributed by atoms with van der Waals surface area (Å²) in [7, 11) is 0. The van der Waals surface area contributed by atoms with E-state index in [0.29, 0.717) is 12.6 Å². The zero-order valence-electron chi connectivity index (χ0n) is 15.1. The number of carbonyl (C=O) groups is 1. The minimum Gasteiger partial charge on any atom is -0.353 e. The molecule has 0 aromatic carbocycles. The number of nitrogens with zero attached hydrogens (tertiary/aromatic N) is 4. The standard InChI is InChI=1S/C18H31N5O/c1-15(2)20-18(24)13-22-9-7-21(8-10-22)12-17-11-19-14-23(17)16-5-3-4-6-16/h11,14-16H,3-10,12-13H2,1-2H3,(H,20,24). The average Bonchev–Trinajstić information content (AvgIpc) is 3.19. The number of imidazole rings is 1. The van der Waals surface area contributed by atoms with Crippen LogP contribution in [0.15, 0.2) is 12.5 Å². The Kier molecular flexibility index (Phi) is 5.89. The summed E-state index contributed by atoms with van der Waals surface area (Å²) in [6.07, 6.45) is 9.32. The number of nitrogens with one attached hydrogen (secondary N) is 1. The van der Waals surface area contributed by atoms with Crippen molar-refractivity contribution in [3.8, 4) is 0 Å². The van der Waals surface area contributed by atoms with E-state index < -0.39 is 0 Å². The van der Waals surface area contributed by atoms with Crippen LogP contribution in [0.25, 0.3) is 0 Å². The van der Waals surface area contributed by atoms with Crippen LogP contribution >= 0.6 is 0 Å². The smallest absolute Gasteiger partial charge is 0.234 e. The van der Waals surface area contributed by atoms with Gasteiger partial charge < -0.3 is 9.88 Å². The summed E-state index contributed by atoms with van der Waals surface area (Å²) in [5.74, 6) is 0.137. The van der Waals surface area contributed by atoms with Crippen LogP contribution < -0.4 is 5.32 Å². The van der Waals surface area contributed by atoms with E-state index in [4.69, 9.17) is 0 Å². The van der Waals surface area contributed by atoms with Crippen molar-refractivity contribution in [3.05, 3.63) is 18.2 Å². The molecular formula is C18H31N5O. The molecular weight excluding hydrogens is 302 g/mol. The van der Waals surface area contributed by atoms with E-state index in [1.54, 1.807) is 0 Å². The summed E-state index contributed by atoms with van der Waals surface area (Å²) in [4.78, 5) is 21.0. The third-order valence-electron chi connectivity index (χ3n) is 5.13. The fraction of sp³-hybridized carbons (Fsp3) is 0.778. The first-order valence-corrected chi connectivity index (χ1v) is 9.36. The monoisotopic (exact) mass is 333 g/mol. The van der Waals surface area contributed by atoms with Gasteiger partial charge in [0, 0.05) is 51.0 Å². The molecule has 0 spiro atoms. The molecule has 1 amide bonds. The molecule has 1 aliphatic carbocycles. The van der Waals surface area contributed by atoms with Gasteiger partial charge in [0.1, 0.15) is 0 Å². The van der Waals surface area contributed by atoms with Gasteiger partial charge in [-0.15, -0.1) is 0 Å². The second-order valence-corrected chi connectivity index (χ2v) is 7.51. The quantitative estimate of drug-likeness (QED) is 0.860. The van der Waals surface area contributed by atoms with Crippen LogP contribution in [0.2, 0.25) is 0 Å². The molecule has 1 N–H and O–H groups in total. The first-order valence-electron chi connectivity index (χ1n) is 9.36. The summed E-state index contributed by atoms with van der Waals surface area (Å²) >= 11 is 0. The van der Waals surface area contributed by atoms with Crippen molar-refractivity contribution >= 4 is 5.91 Å². The Balaban J connectivity index is 1.46. The van der Waals surface area contributed by atoms with E-state index >= 15 is 0 Å². The molecule has 0 radical (unpaired) electrons. The zero-order chi connectivity index (χ0) is 16.9. The first kappa shape index (κ1) is 17.4. The maximum absolute atomic E-state index is 11.9. The van der Waals surface area contributed by atoms with Crippen molar-refractivity contribution in [2.75, 3.05) is 32.7 Å². The van der Waals surface area contributed by atoms with Gasteiger partial charge in [0.25, 0.3) is 0 Å². The maximum atomic E-state index is 11.9. The van der Waals surface area contributed by atoms with Gasteiger partial charge in [-0.1, -0.05) is 12.8 Å². The Bertz CT molecular complexity index is 527.